The Morgan fingerprint density at radius 1 is 1.40 bits per heavy atom. The summed E-state index contributed by atoms with van der Waals surface area (Å²) in [6.07, 6.45) is 4.54. The van der Waals surface area contributed by atoms with Crippen LogP contribution in [0.3, 0.4) is 0 Å². The van der Waals surface area contributed by atoms with Crippen LogP contribution in [0.5, 0.6) is 0 Å². The summed E-state index contributed by atoms with van der Waals surface area (Å²) in [6.45, 7) is 0.597. The van der Waals surface area contributed by atoms with Crippen LogP contribution in [0, 0.1) is 0 Å². The Hall–Kier alpha value is -1.27. The van der Waals surface area contributed by atoms with Crippen molar-refractivity contribution in [1.82, 2.24) is 16.5 Å². The van der Waals surface area contributed by atoms with Crippen LogP contribution in [0.1, 0.15) is 0 Å². The summed E-state index contributed by atoms with van der Waals surface area (Å²) in [6, 6.07) is 0. The highest BCUT2D eigenvalue weighted by Gasteiger charge is 1.82. The lowest BCUT2D eigenvalue weighted by Gasteiger charge is -1.85. The van der Waals surface area contributed by atoms with Gasteiger partial charge in [0.1, 0.15) is 12.9 Å². The van der Waals surface area contributed by atoms with E-state index < -0.39 is 0 Å². The lowest BCUT2D eigenvalue weighted by molar-refractivity contribution is 0.137. The molecule has 6 nitrogen and oxygen atoms in total. The summed E-state index contributed by atoms with van der Waals surface area (Å²) in [7, 11) is 0. The van der Waals surface area contributed by atoms with Gasteiger partial charge in [0.25, 0.3) is 0 Å². The molecule has 3 N–H and O–H groups in total. The minimum absolute atomic E-state index is 0.597. The average Bonchev–Trinajstić information content (AvgIpc) is 2.67. The van der Waals surface area contributed by atoms with Gasteiger partial charge < -0.3 is 9.68 Å². The molecule has 2 aliphatic heterocycles. The van der Waals surface area contributed by atoms with E-state index in [0.29, 0.717) is 6.67 Å². The molecule has 0 aromatic carbocycles. The maximum atomic E-state index is 4.40. The molecule has 0 fully saturated rings. The van der Waals surface area contributed by atoms with Crippen LogP contribution in [0.2, 0.25) is 0 Å². The maximum Gasteiger partial charge on any atom is 0.197 e. The van der Waals surface area contributed by atoms with Gasteiger partial charge in [0.05, 0.1) is 6.20 Å². The third kappa shape index (κ3) is 2.90. The highest BCUT2D eigenvalue weighted by molar-refractivity contribution is 5.46. The van der Waals surface area contributed by atoms with Gasteiger partial charge in [-0.05, 0) is 0 Å². The molecule has 0 spiro atoms. The topological polar surface area (TPSA) is 66.9 Å². The van der Waals surface area contributed by atoms with E-state index in [1.807, 2.05) is 0 Å². The molecule has 0 unspecified atom stereocenters. The van der Waals surface area contributed by atoms with Crippen molar-refractivity contribution in [3.8, 4) is 0 Å². The molecular weight excluding hydrogens is 136 g/mol. The summed E-state index contributed by atoms with van der Waals surface area (Å²) < 4.78 is 0. The quantitative estimate of drug-likeness (QED) is 0.407. The maximum absolute atomic E-state index is 4.40. The van der Waals surface area contributed by atoms with E-state index >= 15 is 0 Å². The second kappa shape index (κ2) is 4.59. The zero-order valence-electron chi connectivity index (χ0n) is 5.20. The van der Waals surface area contributed by atoms with Crippen LogP contribution < -0.4 is 16.5 Å². The number of nitrogens with one attached hydrogen (secondary N) is 3. The highest BCUT2D eigenvalue weighted by atomic mass is 16.7. The Balaban J connectivity index is 0.0000001000. The number of hydroxylamine groups is 1. The van der Waals surface area contributed by atoms with E-state index in [2.05, 4.69) is 31.2 Å². The lowest BCUT2D eigenvalue weighted by atomic mass is 11.0. The molecule has 0 amide bonds. The zero-order valence-corrected chi connectivity index (χ0v) is 5.20. The number of aliphatic imine (C=N–C) groups is 1. The van der Waals surface area contributed by atoms with E-state index in [1.165, 1.54) is 12.7 Å². The summed E-state index contributed by atoms with van der Waals surface area (Å²) in [4.78, 5) is 12.4. The average molecular weight is 144 g/mol. The molecule has 0 saturated heterocycles. The van der Waals surface area contributed by atoms with Crippen molar-refractivity contribution in [3.05, 3.63) is 12.5 Å². The first-order chi connectivity index (χ1) is 5.00. The Bertz CT molecular complexity index is 107. The number of hydrogen-bond acceptors (Lipinski definition) is 6. The first-order valence-corrected chi connectivity index (χ1v) is 2.68. The molecule has 0 aliphatic carbocycles. The van der Waals surface area contributed by atoms with Gasteiger partial charge in [-0.2, -0.15) is 0 Å². The summed E-state index contributed by atoms with van der Waals surface area (Å²) in [5.41, 5.74) is 7.43. The molecule has 2 heterocycles. The molecule has 0 radical (unpaired) electrons. The summed E-state index contributed by atoms with van der Waals surface area (Å²) in [5.74, 6) is 0. The van der Waals surface area contributed by atoms with Crippen molar-refractivity contribution < 1.29 is 9.68 Å². The predicted molar refractivity (Wildman–Crippen MR) is 34.1 cm³/mol. The molecular formula is C4H8N4O2. The van der Waals surface area contributed by atoms with Crippen LogP contribution >= 0.6 is 0 Å². The molecule has 0 aromatic rings. The van der Waals surface area contributed by atoms with E-state index in [4.69, 9.17) is 0 Å². The normalized spacial score (nSPS) is 18.4. The lowest BCUT2D eigenvalue weighted by Crippen LogP contribution is -2.17. The molecule has 10 heavy (non-hydrogen) atoms. The van der Waals surface area contributed by atoms with Gasteiger partial charge in [-0.15, -0.1) is 5.48 Å². The van der Waals surface area contributed by atoms with Gasteiger partial charge >= 0.3 is 0 Å². The van der Waals surface area contributed by atoms with Crippen LogP contribution in [-0.2, 0) is 9.68 Å². The number of nitrogens with zero attached hydrogens (tertiary/aromatic N) is 1. The molecule has 0 saturated carbocycles. The largest absolute Gasteiger partial charge is 0.395 e. The predicted octanol–water partition coefficient (Wildman–Crippen LogP) is -0.996. The van der Waals surface area contributed by atoms with Crippen LogP contribution in [0.25, 0.3) is 0 Å². The minimum Gasteiger partial charge on any atom is -0.395 e. The second-order valence-electron chi connectivity index (χ2n) is 1.38. The molecule has 6 heteroatoms. The van der Waals surface area contributed by atoms with Crippen molar-refractivity contribution in [1.29, 1.82) is 0 Å². The van der Waals surface area contributed by atoms with Crippen molar-refractivity contribution >= 4 is 6.40 Å². The van der Waals surface area contributed by atoms with Gasteiger partial charge in [0.2, 0.25) is 0 Å². The number of hydrazine groups is 1. The van der Waals surface area contributed by atoms with E-state index in [-0.39, 0.29) is 0 Å². The molecule has 56 valence electrons. The molecule has 0 atom stereocenters. The van der Waals surface area contributed by atoms with Gasteiger partial charge in [0, 0.05) is 0 Å². The fourth-order valence-corrected chi connectivity index (χ4v) is 0.356. The van der Waals surface area contributed by atoms with Crippen molar-refractivity contribution in [2.75, 3.05) is 6.67 Å². The standard InChI is InChI=1S/2C2H4N2O/c1-3-2-5-4-1;1-2-5-4-3-1/h2,4H,1H2;1-4H. The van der Waals surface area contributed by atoms with E-state index in [9.17, 15) is 0 Å². The van der Waals surface area contributed by atoms with Crippen molar-refractivity contribution in [2.24, 2.45) is 4.99 Å². The van der Waals surface area contributed by atoms with Crippen molar-refractivity contribution in [2.45, 2.75) is 0 Å². The Morgan fingerprint density at radius 2 is 2.40 bits per heavy atom. The minimum atomic E-state index is 0.597. The highest BCUT2D eigenvalue weighted by Crippen LogP contribution is 1.70. The van der Waals surface area contributed by atoms with Crippen LogP contribution in [0.15, 0.2) is 17.5 Å². The third-order valence-electron chi connectivity index (χ3n) is 0.704. The van der Waals surface area contributed by atoms with Gasteiger partial charge in [-0.3, -0.25) is 5.43 Å². The molecule has 2 rings (SSSR count). The van der Waals surface area contributed by atoms with E-state index in [0.717, 1.165) is 0 Å². The van der Waals surface area contributed by atoms with Crippen molar-refractivity contribution in [3.63, 3.8) is 0 Å². The Morgan fingerprint density at radius 3 is 2.60 bits per heavy atom. The van der Waals surface area contributed by atoms with Crippen LogP contribution in [-0.4, -0.2) is 13.1 Å². The SMILES string of the molecule is C1=CONN1.C1=NCNO1. The summed E-state index contributed by atoms with van der Waals surface area (Å²) >= 11 is 0. The number of hydrogen-bond donors (Lipinski definition) is 3. The van der Waals surface area contributed by atoms with Crippen LogP contribution in [0.4, 0.5) is 0 Å². The zero-order chi connectivity index (χ0) is 7.07. The van der Waals surface area contributed by atoms with Gasteiger partial charge in [0.15, 0.2) is 6.40 Å². The van der Waals surface area contributed by atoms with Gasteiger partial charge in [-0.25, -0.2) is 4.99 Å². The monoisotopic (exact) mass is 144 g/mol. The third-order valence-corrected chi connectivity index (χ3v) is 0.704. The fourth-order valence-electron chi connectivity index (χ4n) is 0.356. The number of rotatable bonds is 0. The first kappa shape index (κ1) is 6.84. The molecule has 0 bridgehead atoms. The Labute approximate surface area is 57.8 Å². The Kier molecular flexibility index (Phi) is 3.14. The first-order valence-electron chi connectivity index (χ1n) is 2.68. The molecule has 0 aromatic heterocycles. The second-order valence-corrected chi connectivity index (χ2v) is 1.38. The smallest absolute Gasteiger partial charge is 0.197 e. The van der Waals surface area contributed by atoms with E-state index in [1.54, 1.807) is 6.20 Å². The van der Waals surface area contributed by atoms with Gasteiger partial charge in [-0.1, -0.05) is 5.59 Å². The summed E-state index contributed by atoms with van der Waals surface area (Å²) in [5, 5.41) is 0. The fraction of sp³-hybridized carbons (Fsp3) is 0.250. The molecule has 2 aliphatic rings.